The average Bonchev–Trinajstić information content (AvgIpc) is 3.19. The molecule has 168 valence electrons. The van der Waals surface area contributed by atoms with Gasteiger partial charge in [-0.05, 0) is 48.7 Å². The Morgan fingerprint density at radius 2 is 1.67 bits per heavy atom. The number of piperidine rings is 1. The Morgan fingerprint density at radius 1 is 0.970 bits per heavy atom. The molecule has 0 radical (unpaired) electrons. The molecule has 1 saturated heterocycles. The van der Waals surface area contributed by atoms with Crippen molar-refractivity contribution in [2.75, 3.05) is 13.1 Å². The number of hydrogen-bond acceptors (Lipinski definition) is 3. The molecule has 33 heavy (non-hydrogen) atoms. The summed E-state index contributed by atoms with van der Waals surface area (Å²) in [5.74, 6) is 0.211. The molecule has 1 fully saturated rings. The van der Waals surface area contributed by atoms with E-state index in [1.54, 1.807) is 12.1 Å². The fourth-order valence-electron chi connectivity index (χ4n) is 4.47. The SMILES string of the molecule is O=C(c1ccccc1SCc1ccccc1F)N1CCC(n2c(=O)[nH]c3ccccc32)CC1. The number of benzene rings is 3. The van der Waals surface area contributed by atoms with E-state index in [1.807, 2.05) is 64.1 Å². The third kappa shape index (κ3) is 4.33. The van der Waals surface area contributed by atoms with Crippen LogP contribution in [-0.2, 0) is 5.75 Å². The van der Waals surface area contributed by atoms with Crippen molar-refractivity contribution in [2.45, 2.75) is 29.5 Å². The van der Waals surface area contributed by atoms with Crippen molar-refractivity contribution in [3.05, 3.63) is 100 Å². The number of para-hydroxylation sites is 2. The van der Waals surface area contributed by atoms with Crippen LogP contribution in [0.5, 0.6) is 0 Å². The molecule has 1 N–H and O–H groups in total. The summed E-state index contributed by atoms with van der Waals surface area (Å²) in [4.78, 5) is 31.5. The molecule has 0 aliphatic carbocycles. The highest BCUT2D eigenvalue weighted by Gasteiger charge is 2.27. The lowest BCUT2D eigenvalue weighted by atomic mass is 10.0. The fraction of sp³-hybridized carbons (Fsp3) is 0.231. The van der Waals surface area contributed by atoms with E-state index in [-0.39, 0.29) is 23.5 Å². The zero-order valence-corrected chi connectivity index (χ0v) is 18.9. The predicted molar refractivity (Wildman–Crippen MR) is 129 cm³/mol. The number of rotatable bonds is 5. The van der Waals surface area contributed by atoms with Crippen LogP contribution in [0.15, 0.2) is 82.5 Å². The number of halogens is 1. The van der Waals surface area contributed by atoms with Gasteiger partial charge in [-0.2, -0.15) is 0 Å². The van der Waals surface area contributed by atoms with Crippen LogP contribution in [0, 0.1) is 5.82 Å². The highest BCUT2D eigenvalue weighted by atomic mass is 32.2. The van der Waals surface area contributed by atoms with Crippen molar-refractivity contribution in [3.63, 3.8) is 0 Å². The van der Waals surface area contributed by atoms with Gasteiger partial charge in [0.05, 0.1) is 16.6 Å². The van der Waals surface area contributed by atoms with Crippen LogP contribution >= 0.6 is 11.8 Å². The second kappa shape index (κ2) is 9.27. The van der Waals surface area contributed by atoms with Gasteiger partial charge in [-0.1, -0.05) is 42.5 Å². The Balaban J connectivity index is 1.29. The van der Waals surface area contributed by atoms with E-state index >= 15 is 0 Å². The Hall–Kier alpha value is -3.32. The van der Waals surface area contributed by atoms with E-state index in [4.69, 9.17) is 0 Å². The van der Waals surface area contributed by atoms with Crippen molar-refractivity contribution in [1.82, 2.24) is 14.5 Å². The van der Waals surface area contributed by atoms with E-state index in [1.165, 1.54) is 17.8 Å². The van der Waals surface area contributed by atoms with E-state index in [0.717, 1.165) is 28.8 Å². The number of imidazole rings is 1. The lowest BCUT2D eigenvalue weighted by Gasteiger charge is -2.33. The van der Waals surface area contributed by atoms with Crippen molar-refractivity contribution < 1.29 is 9.18 Å². The Morgan fingerprint density at radius 3 is 2.48 bits per heavy atom. The second-order valence-electron chi connectivity index (χ2n) is 8.22. The van der Waals surface area contributed by atoms with Gasteiger partial charge < -0.3 is 9.88 Å². The Bertz CT molecular complexity index is 1350. The molecule has 5 nitrogen and oxygen atoms in total. The van der Waals surface area contributed by atoms with Gasteiger partial charge in [0.1, 0.15) is 5.82 Å². The maximum absolute atomic E-state index is 14.0. The molecule has 0 saturated carbocycles. The lowest BCUT2D eigenvalue weighted by Crippen LogP contribution is -2.40. The zero-order valence-electron chi connectivity index (χ0n) is 18.0. The van der Waals surface area contributed by atoms with E-state index in [2.05, 4.69) is 4.98 Å². The normalized spacial score (nSPS) is 14.6. The molecule has 3 aromatic carbocycles. The molecule has 0 bridgehead atoms. The minimum atomic E-state index is -0.233. The number of nitrogens with one attached hydrogen (secondary N) is 1. The largest absolute Gasteiger partial charge is 0.338 e. The summed E-state index contributed by atoms with van der Waals surface area (Å²) in [5.41, 5.74) is 2.90. The van der Waals surface area contributed by atoms with Crippen molar-refractivity contribution >= 4 is 28.7 Å². The monoisotopic (exact) mass is 461 g/mol. The molecule has 0 atom stereocenters. The predicted octanol–water partition coefficient (Wildman–Crippen LogP) is 5.24. The first-order chi connectivity index (χ1) is 16.1. The summed E-state index contributed by atoms with van der Waals surface area (Å²) in [5, 5.41) is 0. The van der Waals surface area contributed by atoms with Gasteiger partial charge in [-0.15, -0.1) is 11.8 Å². The molecule has 1 aliphatic heterocycles. The third-order valence-electron chi connectivity index (χ3n) is 6.20. The number of hydrogen-bond donors (Lipinski definition) is 1. The summed E-state index contributed by atoms with van der Waals surface area (Å²) in [6.45, 7) is 1.17. The summed E-state index contributed by atoms with van der Waals surface area (Å²) < 4.78 is 15.8. The molecule has 5 rings (SSSR count). The lowest BCUT2D eigenvalue weighted by molar-refractivity contribution is 0.0691. The van der Waals surface area contributed by atoms with E-state index < -0.39 is 0 Å². The van der Waals surface area contributed by atoms with Gasteiger partial charge in [-0.3, -0.25) is 9.36 Å². The van der Waals surface area contributed by atoms with E-state index in [9.17, 15) is 14.0 Å². The number of aromatic nitrogens is 2. The number of fused-ring (bicyclic) bond motifs is 1. The highest BCUT2D eigenvalue weighted by molar-refractivity contribution is 7.98. The number of aromatic amines is 1. The maximum atomic E-state index is 14.0. The molecule has 4 aromatic rings. The van der Waals surface area contributed by atoms with Crippen LogP contribution in [-0.4, -0.2) is 33.4 Å². The van der Waals surface area contributed by atoms with Crippen molar-refractivity contribution in [2.24, 2.45) is 0 Å². The van der Waals surface area contributed by atoms with E-state index in [0.29, 0.717) is 30.0 Å². The topological polar surface area (TPSA) is 58.1 Å². The average molecular weight is 462 g/mol. The summed E-state index contributed by atoms with van der Waals surface area (Å²) in [6, 6.07) is 22.0. The molecule has 1 aromatic heterocycles. The minimum Gasteiger partial charge on any atom is -0.338 e. The minimum absolute atomic E-state index is 0.0173. The molecule has 2 heterocycles. The highest BCUT2D eigenvalue weighted by Crippen LogP contribution is 2.30. The van der Waals surface area contributed by atoms with Gasteiger partial charge in [0, 0.05) is 29.8 Å². The maximum Gasteiger partial charge on any atom is 0.326 e. The first-order valence-electron chi connectivity index (χ1n) is 11.1. The number of carbonyl (C=O) groups is 1. The number of likely N-dealkylation sites (tertiary alicyclic amines) is 1. The molecular weight excluding hydrogens is 437 g/mol. The van der Waals surface area contributed by atoms with Crippen molar-refractivity contribution in [1.29, 1.82) is 0 Å². The number of thioether (sulfide) groups is 1. The summed E-state index contributed by atoms with van der Waals surface area (Å²) >= 11 is 1.47. The van der Waals surface area contributed by atoms with Crippen molar-refractivity contribution in [3.8, 4) is 0 Å². The van der Waals surface area contributed by atoms with Gasteiger partial charge in [0.15, 0.2) is 0 Å². The number of carbonyl (C=O) groups excluding carboxylic acids is 1. The molecule has 1 aliphatic rings. The number of nitrogens with zero attached hydrogens (tertiary/aromatic N) is 2. The third-order valence-corrected chi connectivity index (χ3v) is 7.32. The Labute approximate surface area is 195 Å². The number of H-pyrrole nitrogens is 1. The Kier molecular flexibility index (Phi) is 6.05. The van der Waals surface area contributed by atoms with Crippen LogP contribution in [0.25, 0.3) is 11.0 Å². The molecule has 1 amide bonds. The smallest absolute Gasteiger partial charge is 0.326 e. The molecule has 0 spiro atoms. The summed E-state index contributed by atoms with van der Waals surface area (Å²) in [7, 11) is 0. The van der Waals surface area contributed by atoms with Crippen LogP contribution in [0.3, 0.4) is 0 Å². The van der Waals surface area contributed by atoms with Crippen LogP contribution in [0.2, 0.25) is 0 Å². The standard InChI is InChI=1S/C26H24FN3O2S/c27-21-9-3-1-7-18(21)17-33-24-12-6-2-8-20(24)25(31)29-15-13-19(14-16-29)30-23-11-5-4-10-22(23)28-26(30)32/h1-12,19H,13-17H2,(H,28,32). The van der Waals surface area contributed by atoms with Crippen LogP contribution in [0.4, 0.5) is 4.39 Å². The zero-order chi connectivity index (χ0) is 22.8. The van der Waals surface area contributed by atoms with Gasteiger partial charge in [0.25, 0.3) is 5.91 Å². The summed E-state index contributed by atoms with van der Waals surface area (Å²) in [6.07, 6.45) is 1.44. The molecular formula is C26H24FN3O2S. The number of amides is 1. The second-order valence-corrected chi connectivity index (χ2v) is 9.23. The van der Waals surface area contributed by atoms with Crippen LogP contribution in [0.1, 0.15) is 34.8 Å². The molecule has 7 heteroatoms. The first kappa shape index (κ1) is 21.5. The van der Waals surface area contributed by atoms with Gasteiger partial charge in [-0.25, -0.2) is 9.18 Å². The quantitative estimate of drug-likeness (QED) is 0.414. The first-order valence-corrected chi connectivity index (χ1v) is 12.0. The molecule has 0 unspecified atom stereocenters. The van der Waals surface area contributed by atoms with Gasteiger partial charge >= 0.3 is 5.69 Å². The fourth-order valence-corrected chi connectivity index (χ4v) is 5.51. The van der Waals surface area contributed by atoms with Crippen LogP contribution < -0.4 is 5.69 Å². The van der Waals surface area contributed by atoms with Gasteiger partial charge in [0.2, 0.25) is 0 Å².